The van der Waals surface area contributed by atoms with E-state index in [1.807, 2.05) is 43.5 Å². The normalized spacial score (nSPS) is 16.6. The van der Waals surface area contributed by atoms with Gasteiger partial charge >= 0.3 is 11.8 Å². The number of fused-ring (bicyclic) bond motifs is 1. The number of piperidine rings is 1. The first-order chi connectivity index (χ1) is 11.2. The highest BCUT2D eigenvalue weighted by molar-refractivity contribution is 9.10. The molecule has 0 saturated carbocycles. The SMILES string of the molecule is CC(C)(C)OC(=O)N1CCC(n2c(=O)[nH]c3cc(Br)ccc32)CC1. The number of H-pyrrole nitrogens is 1. The minimum Gasteiger partial charge on any atom is -0.444 e. The third-order valence-corrected chi connectivity index (χ3v) is 4.65. The number of likely N-dealkylation sites (tertiary alicyclic amines) is 1. The molecule has 0 spiro atoms. The minimum absolute atomic E-state index is 0.0890. The number of imidazole rings is 1. The first kappa shape index (κ1) is 17.1. The van der Waals surface area contributed by atoms with E-state index in [4.69, 9.17) is 4.74 Å². The number of nitrogens with zero attached hydrogens (tertiary/aromatic N) is 2. The smallest absolute Gasteiger partial charge is 0.410 e. The zero-order chi connectivity index (χ0) is 17.5. The number of ether oxygens (including phenoxy) is 1. The lowest BCUT2D eigenvalue weighted by Crippen LogP contribution is -2.43. The van der Waals surface area contributed by atoms with Crippen LogP contribution < -0.4 is 5.69 Å². The molecule has 2 aromatic rings. The predicted octanol–water partition coefficient (Wildman–Crippen LogP) is 3.66. The summed E-state index contributed by atoms with van der Waals surface area (Å²) < 4.78 is 8.16. The molecule has 1 aliphatic rings. The Morgan fingerprint density at radius 1 is 1.29 bits per heavy atom. The van der Waals surface area contributed by atoms with Crippen LogP contribution in [0.3, 0.4) is 0 Å². The maximum atomic E-state index is 12.3. The topological polar surface area (TPSA) is 67.3 Å². The van der Waals surface area contributed by atoms with Crippen molar-refractivity contribution in [3.63, 3.8) is 0 Å². The summed E-state index contributed by atoms with van der Waals surface area (Å²) in [6, 6.07) is 5.87. The Morgan fingerprint density at radius 2 is 1.96 bits per heavy atom. The highest BCUT2D eigenvalue weighted by Gasteiger charge is 2.28. The number of amides is 1. The lowest BCUT2D eigenvalue weighted by molar-refractivity contribution is 0.0189. The fourth-order valence-electron chi connectivity index (χ4n) is 3.10. The number of carbonyl (C=O) groups is 1. The molecule has 1 aromatic carbocycles. The van der Waals surface area contributed by atoms with Crippen LogP contribution in [0.15, 0.2) is 27.5 Å². The van der Waals surface area contributed by atoms with Gasteiger partial charge in [-0.05, 0) is 51.8 Å². The summed E-state index contributed by atoms with van der Waals surface area (Å²) in [7, 11) is 0. The van der Waals surface area contributed by atoms with E-state index in [1.54, 1.807) is 4.90 Å². The van der Waals surface area contributed by atoms with Gasteiger partial charge in [0.25, 0.3) is 0 Å². The minimum atomic E-state index is -0.491. The van der Waals surface area contributed by atoms with E-state index in [-0.39, 0.29) is 17.8 Å². The van der Waals surface area contributed by atoms with E-state index in [1.165, 1.54) is 0 Å². The number of halogens is 1. The molecule has 6 nitrogen and oxygen atoms in total. The van der Waals surface area contributed by atoms with E-state index in [0.717, 1.165) is 28.3 Å². The van der Waals surface area contributed by atoms with E-state index < -0.39 is 5.60 Å². The van der Waals surface area contributed by atoms with Gasteiger partial charge in [-0.25, -0.2) is 9.59 Å². The van der Waals surface area contributed by atoms with E-state index >= 15 is 0 Å². The Morgan fingerprint density at radius 3 is 2.58 bits per heavy atom. The van der Waals surface area contributed by atoms with E-state index in [0.29, 0.717) is 13.1 Å². The number of aromatic nitrogens is 2. The van der Waals surface area contributed by atoms with Crippen LogP contribution in [0.2, 0.25) is 0 Å². The van der Waals surface area contributed by atoms with Gasteiger partial charge in [0.2, 0.25) is 0 Å². The van der Waals surface area contributed by atoms with Crippen molar-refractivity contribution in [1.29, 1.82) is 0 Å². The van der Waals surface area contributed by atoms with Crippen molar-refractivity contribution in [2.45, 2.75) is 45.3 Å². The quantitative estimate of drug-likeness (QED) is 0.800. The fraction of sp³-hybridized carbons (Fsp3) is 0.529. The molecule has 1 aromatic heterocycles. The fourth-order valence-corrected chi connectivity index (χ4v) is 3.46. The molecule has 1 saturated heterocycles. The van der Waals surface area contributed by atoms with Crippen molar-refractivity contribution < 1.29 is 9.53 Å². The second kappa shape index (κ2) is 6.27. The van der Waals surface area contributed by atoms with E-state index in [9.17, 15) is 9.59 Å². The largest absolute Gasteiger partial charge is 0.444 e. The summed E-state index contributed by atoms with van der Waals surface area (Å²) in [6.07, 6.45) is 1.20. The zero-order valence-corrected chi connectivity index (χ0v) is 15.7. The molecular weight excluding hydrogens is 374 g/mol. The Balaban J connectivity index is 1.75. The van der Waals surface area contributed by atoms with Crippen LogP contribution in [-0.4, -0.2) is 39.2 Å². The van der Waals surface area contributed by atoms with Gasteiger partial charge in [0.15, 0.2) is 0 Å². The third-order valence-electron chi connectivity index (χ3n) is 4.16. The number of rotatable bonds is 1. The van der Waals surface area contributed by atoms with Crippen LogP contribution in [0.1, 0.15) is 39.7 Å². The third kappa shape index (κ3) is 3.50. The first-order valence-electron chi connectivity index (χ1n) is 8.12. The number of nitrogens with one attached hydrogen (secondary N) is 1. The van der Waals surface area contributed by atoms with Crippen LogP contribution >= 0.6 is 15.9 Å². The maximum absolute atomic E-state index is 12.3. The summed E-state index contributed by atoms with van der Waals surface area (Å²) in [5, 5.41) is 0. The molecule has 0 aliphatic carbocycles. The molecule has 1 aliphatic heterocycles. The summed E-state index contributed by atoms with van der Waals surface area (Å²) >= 11 is 3.42. The Bertz CT molecular complexity index is 811. The molecule has 3 rings (SSSR count). The maximum Gasteiger partial charge on any atom is 0.410 e. The highest BCUT2D eigenvalue weighted by Crippen LogP contribution is 2.27. The van der Waals surface area contributed by atoms with Gasteiger partial charge < -0.3 is 14.6 Å². The Hall–Kier alpha value is -1.76. The van der Waals surface area contributed by atoms with E-state index in [2.05, 4.69) is 20.9 Å². The molecule has 0 bridgehead atoms. The molecule has 7 heteroatoms. The molecule has 24 heavy (non-hydrogen) atoms. The van der Waals surface area contributed by atoms with Gasteiger partial charge in [-0.1, -0.05) is 15.9 Å². The lowest BCUT2D eigenvalue weighted by atomic mass is 10.0. The van der Waals surface area contributed by atoms with Crippen molar-refractivity contribution in [1.82, 2.24) is 14.5 Å². The zero-order valence-electron chi connectivity index (χ0n) is 14.1. The molecule has 1 amide bonds. The molecule has 0 radical (unpaired) electrons. The molecule has 130 valence electrons. The summed E-state index contributed by atoms with van der Waals surface area (Å²) in [5.74, 6) is 0. The molecule has 0 unspecified atom stereocenters. The second-order valence-corrected chi connectivity index (χ2v) is 8.08. The first-order valence-corrected chi connectivity index (χ1v) is 8.91. The lowest BCUT2D eigenvalue weighted by Gasteiger charge is -2.33. The van der Waals surface area contributed by atoms with Crippen LogP contribution in [0.5, 0.6) is 0 Å². The standard InChI is InChI=1S/C17H22BrN3O3/c1-17(2,3)24-16(23)20-8-6-12(7-9-20)21-14-5-4-11(18)10-13(14)19-15(21)22/h4-5,10,12H,6-9H2,1-3H3,(H,19,22). The number of carbonyl (C=O) groups excluding carboxylic acids is 1. The number of aromatic amines is 1. The Kier molecular flexibility index (Phi) is 4.46. The monoisotopic (exact) mass is 395 g/mol. The summed E-state index contributed by atoms with van der Waals surface area (Å²) in [4.78, 5) is 29.1. The number of hydrogen-bond donors (Lipinski definition) is 1. The van der Waals surface area contributed by atoms with Crippen molar-refractivity contribution in [2.75, 3.05) is 13.1 Å². The van der Waals surface area contributed by atoms with Gasteiger partial charge in [0.1, 0.15) is 5.60 Å². The van der Waals surface area contributed by atoms with Crippen LogP contribution in [-0.2, 0) is 4.74 Å². The van der Waals surface area contributed by atoms with Crippen molar-refractivity contribution in [2.24, 2.45) is 0 Å². The van der Waals surface area contributed by atoms with Crippen LogP contribution in [0, 0.1) is 0 Å². The second-order valence-electron chi connectivity index (χ2n) is 7.16. The van der Waals surface area contributed by atoms with Crippen molar-refractivity contribution >= 4 is 33.1 Å². The van der Waals surface area contributed by atoms with Gasteiger partial charge in [-0.15, -0.1) is 0 Å². The summed E-state index contributed by atoms with van der Waals surface area (Å²) in [6.45, 7) is 6.77. The van der Waals surface area contributed by atoms with Crippen LogP contribution in [0.25, 0.3) is 11.0 Å². The molecular formula is C17H22BrN3O3. The number of benzene rings is 1. The molecule has 1 fully saturated rings. The van der Waals surface area contributed by atoms with Gasteiger partial charge in [-0.2, -0.15) is 0 Å². The Labute approximate surface area is 148 Å². The van der Waals surface area contributed by atoms with Gasteiger partial charge in [0, 0.05) is 23.6 Å². The molecule has 1 N–H and O–H groups in total. The predicted molar refractivity (Wildman–Crippen MR) is 96.3 cm³/mol. The molecule has 0 atom stereocenters. The average Bonchev–Trinajstić information content (AvgIpc) is 2.80. The van der Waals surface area contributed by atoms with Crippen molar-refractivity contribution in [3.8, 4) is 0 Å². The highest BCUT2D eigenvalue weighted by atomic mass is 79.9. The molecule has 2 heterocycles. The summed E-state index contributed by atoms with van der Waals surface area (Å²) in [5.41, 5.74) is 1.14. The average molecular weight is 396 g/mol. The van der Waals surface area contributed by atoms with Crippen LogP contribution in [0.4, 0.5) is 4.79 Å². The van der Waals surface area contributed by atoms with Crippen molar-refractivity contribution in [3.05, 3.63) is 33.2 Å². The van der Waals surface area contributed by atoms with Gasteiger partial charge in [-0.3, -0.25) is 4.57 Å². The van der Waals surface area contributed by atoms with Gasteiger partial charge in [0.05, 0.1) is 11.0 Å². The number of hydrogen-bond acceptors (Lipinski definition) is 3.